The Labute approximate surface area is 526 Å². The number of amides is 2. The predicted octanol–water partition coefficient (Wildman–Crippen LogP) is 9.58. The van der Waals surface area contributed by atoms with Crippen molar-refractivity contribution in [3.8, 4) is 44.8 Å². The zero-order chi connectivity index (χ0) is 67.7. The number of aromatic nitrogens is 2. The Kier molecular flexibility index (Phi) is 19.1. The van der Waals surface area contributed by atoms with Gasteiger partial charge in [0.1, 0.15) is 11.6 Å². The fraction of sp³-hybridized carbons (Fsp3) is 0.273. The van der Waals surface area contributed by atoms with Crippen molar-refractivity contribution in [3.63, 3.8) is 0 Å². The van der Waals surface area contributed by atoms with E-state index in [0.29, 0.717) is 56.2 Å². The number of carbonyl (C=O) groups excluding carboxylic acids is 4. The Morgan fingerprint density at radius 1 is 0.494 bits per heavy atom. The number of nitrogens with zero attached hydrogens (tertiary/aromatic N) is 2. The van der Waals surface area contributed by atoms with E-state index < -0.39 is 144 Å². The second-order valence-electron chi connectivity index (χ2n) is 20.1. The summed E-state index contributed by atoms with van der Waals surface area (Å²) in [7, 11) is 0. The average Bonchev–Trinajstić information content (AvgIpc) is 1.61. The van der Waals surface area contributed by atoms with Crippen molar-refractivity contribution in [2.24, 2.45) is 0 Å². The summed E-state index contributed by atoms with van der Waals surface area (Å²) in [4.78, 5) is 50.4. The van der Waals surface area contributed by atoms with Gasteiger partial charge >= 0.3 is 37.7 Å². The fourth-order valence-electron chi connectivity index (χ4n) is 9.93. The molecule has 8 aromatic rings. The number of anilines is 2. The summed E-state index contributed by atoms with van der Waals surface area (Å²) in [6.07, 6.45) is -6.55. The fourth-order valence-corrected chi connectivity index (χ4v) is 9.93. The van der Waals surface area contributed by atoms with Crippen LogP contribution >= 0.6 is 0 Å². The van der Waals surface area contributed by atoms with Gasteiger partial charge in [0.2, 0.25) is 0 Å². The molecule has 83 heavy (non-hydrogen) atoms. The first-order chi connectivity index (χ1) is 43.4. The summed E-state index contributed by atoms with van der Waals surface area (Å²) >= 11 is 0. The van der Waals surface area contributed by atoms with Crippen LogP contribution in [0.2, 0.25) is 0 Å². The van der Waals surface area contributed by atoms with E-state index >= 15 is 0 Å². The van der Waals surface area contributed by atoms with Crippen molar-refractivity contribution < 1.29 is 72.3 Å². The number of hydrogen-bond acceptors (Lipinski definition) is 10. The number of hydrogen-bond donors (Lipinski definition) is 6. The Morgan fingerprint density at radius 2 is 0.819 bits per heavy atom. The standard InChI is InChI=1S/2C33H35FN2O5.Ca/c2*1-21(2)31-30(33(41)35-25-11-7-4-8-12-25)29(22-9-5-3-6-10-22)32(23-13-15-24(34)16-14-23)36(31)18-17-26(37)19-27(38)20-28(39)40;/h2*3-16,21,26-27,37-38H,17-20H2,1-2H3,(H,35,41)(H,39,40);/q;;+2/p-2/t2*26-,27-;/m11./s1/i2*4D,7D,8D,11D,12D;. The van der Waals surface area contributed by atoms with Crippen LogP contribution < -0.4 is 20.8 Å². The molecule has 17 heteroatoms. The van der Waals surface area contributed by atoms with Crippen LogP contribution in [0.5, 0.6) is 0 Å². The van der Waals surface area contributed by atoms with E-state index in [1.54, 1.807) is 84.9 Å². The van der Waals surface area contributed by atoms with Gasteiger partial charge in [0.15, 0.2) is 0 Å². The largest absolute Gasteiger partial charge is 2.00 e. The van der Waals surface area contributed by atoms with Gasteiger partial charge in [-0.15, -0.1) is 0 Å². The van der Waals surface area contributed by atoms with Crippen LogP contribution in [0.4, 0.5) is 20.2 Å². The van der Waals surface area contributed by atoms with Crippen LogP contribution in [0.15, 0.2) is 170 Å². The van der Waals surface area contributed by atoms with Crippen LogP contribution in [0, 0.1) is 11.6 Å². The first kappa shape index (κ1) is 51.4. The number of rotatable bonds is 24. The summed E-state index contributed by atoms with van der Waals surface area (Å²) in [6, 6.07) is 23.1. The Morgan fingerprint density at radius 3 is 1.12 bits per heavy atom. The smallest absolute Gasteiger partial charge is 0.550 e. The Bertz CT molecular complexity index is 3700. The monoisotopic (exact) mass is 1160 g/mol. The maximum absolute atomic E-state index is 14.3. The van der Waals surface area contributed by atoms with E-state index in [4.69, 9.17) is 13.7 Å². The van der Waals surface area contributed by atoms with Crippen molar-refractivity contribution in [2.45, 2.75) is 116 Å². The maximum Gasteiger partial charge on any atom is 2.00 e. The molecule has 0 fully saturated rings. The van der Waals surface area contributed by atoms with Crippen LogP contribution in [0.3, 0.4) is 0 Å². The summed E-state index contributed by atoms with van der Waals surface area (Å²) in [5, 5.41) is 68.5. The molecule has 0 bridgehead atoms. The minimum atomic E-state index is -1.45. The molecule has 0 aliphatic heterocycles. The number of aliphatic hydroxyl groups excluding tert-OH is 4. The Balaban J connectivity index is 0.000000292. The molecule has 0 unspecified atom stereocenters. The molecule has 428 valence electrons. The van der Waals surface area contributed by atoms with Crippen LogP contribution in [-0.4, -0.2) is 115 Å². The van der Waals surface area contributed by atoms with Gasteiger partial charge in [-0.25, -0.2) is 8.78 Å². The third-order valence-corrected chi connectivity index (χ3v) is 13.3. The second-order valence-corrected chi connectivity index (χ2v) is 20.1. The van der Waals surface area contributed by atoms with Gasteiger partial charge < -0.3 is 60.0 Å². The molecule has 2 amide bonds. The van der Waals surface area contributed by atoms with E-state index in [0.717, 1.165) is 0 Å². The molecule has 2 heterocycles. The number of para-hydroxylation sites is 2. The topological polar surface area (TPSA) is 229 Å². The summed E-state index contributed by atoms with van der Waals surface area (Å²) in [5.41, 5.74) is 4.68. The number of carboxylic acids is 2. The van der Waals surface area contributed by atoms with Gasteiger partial charge in [-0.05, 0) is 132 Å². The van der Waals surface area contributed by atoms with E-state index in [9.17, 15) is 58.6 Å². The van der Waals surface area contributed by atoms with Crippen molar-refractivity contribution >= 4 is 72.9 Å². The molecule has 8 rings (SSSR count). The molecule has 14 nitrogen and oxygen atoms in total. The van der Waals surface area contributed by atoms with Crippen LogP contribution in [0.25, 0.3) is 44.8 Å². The van der Waals surface area contributed by atoms with Gasteiger partial charge in [-0.2, -0.15) is 0 Å². The number of nitrogens with one attached hydrogen (secondary N) is 2. The molecule has 0 radical (unpaired) electrons. The number of aliphatic carboxylic acids is 2. The molecule has 6 N–H and O–H groups in total. The first-order valence-corrected chi connectivity index (χ1v) is 26.5. The number of carbonyl (C=O) groups is 4. The molecular formula is C66H68CaF2N4O10. The molecule has 4 atom stereocenters. The average molecular weight is 1170 g/mol. The summed E-state index contributed by atoms with van der Waals surface area (Å²) < 4.78 is 113. The van der Waals surface area contributed by atoms with Gasteiger partial charge in [-0.3, -0.25) is 9.59 Å². The molecule has 2 aromatic heterocycles. The Hall–Kier alpha value is -7.28. The van der Waals surface area contributed by atoms with Gasteiger partial charge in [0.05, 0.1) is 60.6 Å². The van der Waals surface area contributed by atoms with Crippen molar-refractivity contribution in [1.82, 2.24) is 9.13 Å². The minimum Gasteiger partial charge on any atom is -0.550 e. The van der Waals surface area contributed by atoms with Gasteiger partial charge in [0.25, 0.3) is 11.8 Å². The van der Waals surface area contributed by atoms with Crippen LogP contribution in [0.1, 0.15) is 124 Å². The van der Waals surface area contributed by atoms with Crippen molar-refractivity contribution in [1.29, 1.82) is 0 Å². The quantitative estimate of drug-likeness (QED) is 0.0314. The number of benzene rings is 6. The molecule has 0 spiro atoms. The SMILES string of the molecule is [2H]c1c([2H])c([2H])c(NC(=O)c2c(-c3ccccc3)c(-c3ccc(F)cc3)n(CC[C@@H](O)C[C@@H](O)CC(=O)[O-])c2C(C)C)c([2H])c1[2H].[2H]c1c([2H])c([2H])c(NC(=O)c2c(-c3ccccc3)c(-c3ccc(F)cc3)n(CC[C@@H](O)C[C@@H](O)CC(=O)[O-])c2C(C)C)c([2H])c1[2H].[Ca+2]. The van der Waals surface area contributed by atoms with Crippen molar-refractivity contribution in [3.05, 3.63) is 204 Å². The second kappa shape index (κ2) is 30.9. The van der Waals surface area contributed by atoms with E-state index in [1.807, 2.05) is 36.8 Å². The number of aliphatic hydroxyl groups is 4. The van der Waals surface area contributed by atoms with Gasteiger partial charge in [0, 0.05) is 71.8 Å². The number of halogens is 2. The normalized spacial score (nSPS) is 14.3. The molecule has 0 saturated heterocycles. The molecule has 0 aliphatic rings. The zero-order valence-corrected chi connectivity index (χ0v) is 48.3. The predicted molar refractivity (Wildman–Crippen MR) is 315 cm³/mol. The van der Waals surface area contributed by atoms with Crippen LogP contribution in [-0.2, 0) is 22.7 Å². The summed E-state index contributed by atoms with van der Waals surface area (Å²) in [5.74, 6) is -6.02. The minimum absolute atomic E-state index is 0. The molecule has 0 aliphatic carbocycles. The van der Waals surface area contributed by atoms with Crippen molar-refractivity contribution in [2.75, 3.05) is 10.6 Å². The molecular weight excluding hydrogens is 1090 g/mol. The first-order valence-electron chi connectivity index (χ1n) is 31.5. The van der Waals surface area contributed by atoms with E-state index in [-0.39, 0.29) is 99.5 Å². The maximum atomic E-state index is 14.3. The third-order valence-electron chi connectivity index (χ3n) is 13.3. The van der Waals surface area contributed by atoms with E-state index in [1.165, 1.54) is 24.3 Å². The summed E-state index contributed by atoms with van der Waals surface area (Å²) in [6.45, 7) is 7.57. The van der Waals surface area contributed by atoms with E-state index in [2.05, 4.69) is 10.6 Å². The van der Waals surface area contributed by atoms with Gasteiger partial charge in [-0.1, -0.05) is 125 Å². The zero-order valence-electron chi connectivity index (χ0n) is 56.1. The third kappa shape index (κ3) is 17.4. The molecule has 6 aromatic carbocycles. The molecule has 0 saturated carbocycles. The number of carboxylic acid groups (broad SMARTS) is 2.